The standard InChI is InChI=1S/C14H14ClFN4/c15-11-7-9(1-2-12(11)16)13-14(19-6-5-18-13)20-10-3-4-17-8-10/h1-2,5-7,10,17H,3-4,8H2,(H,19,20). The normalized spacial score (nSPS) is 18.2. The summed E-state index contributed by atoms with van der Waals surface area (Å²) in [6.45, 7) is 1.90. The Labute approximate surface area is 121 Å². The van der Waals surface area contributed by atoms with Crippen molar-refractivity contribution in [3.8, 4) is 11.3 Å². The van der Waals surface area contributed by atoms with Gasteiger partial charge in [-0.1, -0.05) is 11.6 Å². The van der Waals surface area contributed by atoms with E-state index in [0.717, 1.165) is 25.1 Å². The summed E-state index contributed by atoms with van der Waals surface area (Å²) in [7, 11) is 0. The van der Waals surface area contributed by atoms with Gasteiger partial charge in [0.2, 0.25) is 0 Å². The zero-order valence-corrected chi connectivity index (χ0v) is 11.5. The lowest BCUT2D eigenvalue weighted by Crippen LogP contribution is -2.23. The van der Waals surface area contributed by atoms with Gasteiger partial charge in [-0.05, 0) is 31.2 Å². The Morgan fingerprint density at radius 1 is 1.30 bits per heavy atom. The molecule has 2 heterocycles. The van der Waals surface area contributed by atoms with Crippen molar-refractivity contribution >= 4 is 17.4 Å². The minimum Gasteiger partial charge on any atom is -0.364 e. The summed E-state index contributed by atoms with van der Waals surface area (Å²) in [5, 5.41) is 6.74. The van der Waals surface area contributed by atoms with Gasteiger partial charge in [-0.3, -0.25) is 4.98 Å². The maximum atomic E-state index is 13.3. The third kappa shape index (κ3) is 2.73. The van der Waals surface area contributed by atoms with E-state index >= 15 is 0 Å². The van der Waals surface area contributed by atoms with Crippen molar-refractivity contribution in [3.05, 3.63) is 41.4 Å². The zero-order chi connectivity index (χ0) is 13.9. The van der Waals surface area contributed by atoms with E-state index in [-0.39, 0.29) is 5.02 Å². The first-order valence-electron chi connectivity index (χ1n) is 6.48. The number of halogens is 2. The van der Waals surface area contributed by atoms with Crippen LogP contribution in [0.4, 0.5) is 10.2 Å². The van der Waals surface area contributed by atoms with Crippen LogP contribution in [0, 0.1) is 5.82 Å². The maximum absolute atomic E-state index is 13.3. The van der Waals surface area contributed by atoms with Crippen LogP contribution in [0.25, 0.3) is 11.3 Å². The van der Waals surface area contributed by atoms with Crippen LogP contribution in [-0.2, 0) is 0 Å². The Hall–Kier alpha value is -1.72. The Morgan fingerprint density at radius 2 is 2.15 bits per heavy atom. The monoisotopic (exact) mass is 292 g/mol. The zero-order valence-electron chi connectivity index (χ0n) is 10.7. The average Bonchev–Trinajstić information content (AvgIpc) is 2.96. The minimum absolute atomic E-state index is 0.0848. The van der Waals surface area contributed by atoms with Crippen molar-refractivity contribution in [2.45, 2.75) is 12.5 Å². The molecule has 0 aliphatic carbocycles. The second-order valence-electron chi connectivity index (χ2n) is 4.72. The van der Waals surface area contributed by atoms with Crippen LogP contribution in [0.15, 0.2) is 30.6 Å². The van der Waals surface area contributed by atoms with Gasteiger partial charge in [-0.25, -0.2) is 9.37 Å². The molecule has 1 aliphatic rings. The van der Waals surface area contributed by atoms with Crippen LogP contribution in [0.1, 0.15) is 6.42 Å². The number of rotatable bonds is 3. The van der Waals surface area contributed by atoms with E-state index in [1.807, 2.05) is 0 Å². The fourth-order valence-corrected chi connectivity index (χ4v) is 2.45. The number of hydrogen-bond donors (Lipinski definition) is 2. The van der Waals surface area contributed by atoms with Gasteiger partial charge in [-0.15, -0.1) is 0 Å². The summed E-state index contributed by atoms with van der Waals surface area (Å²) < 4.78 is 13.3. The Kier molecular flexibility index (Phi) is 3.80. The molecule has 3 rings (SSSR count). The topological polar surface area (TPSA) is 49.8 Å². The summed E-state index contributed by atoms with van der Waals surface area (Å²) in [6, 6.07) is 4.90. The molecule has 6 heteroatoms. The SMILES string of the molecule is Fc1ccc(-c2nccnc2NC2CCNC2)cc1Cl. The van der Waals surface area contributed by atoms with Gasteiger partial charge in [0.15, 0.2) is 5.82 Å². The fraction of sp³-hybridized carbons (Fsp3) is 0.286. The largest absolute Gasteiger partial charge is 0.364 e. The lowest BCUT2D eigenvalue weighted by atomic mass is 10.1. The maximum Gasteiger partial charge on any atom is 0.152 e. The van der Waals surface area contributed by atoms with Crippen molar-refractivity contribution in [2.75, 3.05) is 18.4 Å². The number of benzene rings is 1. The molecule has 20 heavy (non-hydrogen) atoms. The predicted octanol–water partition coefficient (Wildman–Crippen LogP) is 2.71. The van der Waals surface area contributed by atoms with E-state index in [0.29, 0.717) is 17.6 Å². The molecular formula is C14H14ClFN4. The van der Waals surface area contributed by atoms with Gasteiger partial charge in [0, 0.05) is 30.5 Å². The van der Waals surface area contributed by atoms with Crippen molar-refractivity contribution in [1.82, 2.24) is 15.3 Å². The van der Waals surface area contributed by atoms with Crippen molar-refractivity contribution < 1.29 is 4.39 Å². The third-order valence-electron chi connectivity index (χ3n) is 3.29. The summed E-state index contributed by atoms with van der Waals surface area (Å²) in [5.74, 6) is 0.262. The summed E-state index contributed by atoms with van der Waals surface area (Å²) in [4.78, 5) is 8.67. The summed E-state index contributed by atoms with van der Waals surface area (Å²) in [5.41, 5.74) is 1.43. The minimum atomic E-state index is -0.436. The molecule has 1 unspecified atom stereocenters. The van der Waals surface area contributed by atoms with Gasteiger partial charge in [0.25, 0.3) is 0 Å². The summed E-state index contributed by atoms with van der Waals surface area (Å²) >= 11 is 5.83. The smallest absolute Gasteiger partial charge is 0.152 e. The lowest BCUT2D eigenvalue weighted by Gasteiger charge is -2.14. The molecule has 1 fully saturated rings. The third-order valence-corrected chi connectivity index (χ3v) is 3.58. The quantitative estimate of drug-likeness (QED) is 0.913. The molecule has 1 saturated heterocycles. The van der Waals surface area contributed by atoms with Gasteiger partial charge < -0.3 is 10.6 Å². The molecule has 2 aromatic rings. The molecule has 1 atom stereocenters. The van der Waals surface area contributed by atoms with Gasteiger partial charge in [0.05, 0.1) is 5.02 Å². The van der Waals surface area contributed by atoms with E-state index in [4.69, 9.17) is 11.6 Å². The molecule has 2 N–H and O–H groups in total. The van der Waals surface area contributed by atoms with Crippen LogP contribution in [-0.4, -0.2) is 29.1 Å². The molecule has 0 spiro atoms. The molecule has 0 bridgehead atoms. The first-order valence-corrected chi connectivity index (χ1v) is 6.85. The van der Waals surface area contributed by atoms with Gasteiger partial charge >= 0.3 is 0 Å². The Morgan fingerprint density at radius 3 is 2.90 bits per heavy atom. The second kappa shape index (κ2) is 5.73. The van der Waals surface area contributed by atoms with Crippen LogP contribution in [0.2, 0.25) is 5.02 Å². The molecule has 0 radical (unpaired) electrons. The first-order chi connectivity index (χ1) is 9.74. The average molecular weight is 293 g/mol. The molecule has 104 valence electrons. The van der Waals surface area contributed by atoms with Crippen LogP contribution in [0.3, 0.4) is 0 Å². The number of anilines is 1. The molecule has 0 amide bonds. The van der Waals surface area contributed by atoms with Crippen molar-refractivity contribution in [3.63, 3.8) is 0 Å². The molecular weight excluding hydrogens is 279 g/mol. The Balaban J connectivity index is 1.93. The highest BCUT2D eigenvalue weighted by Gasteiger charge is 2.17. The van der Waals surface area contributed by atoms with Crippen LogP contribution >= 0.6 is 11.6 Å². The van der Waals surface area contributed by atoms with E-state index in [1.165, 1.54) is 6.07 Å². The van der Waals surface area contributed by atoms with E-state index < -0.39 is 5.82 Å². The number of nitrogens with zero attached hydrogens (tertiary/aromatic N) is 2. The fourth-order valence-electron chi connectivity index (χ4n) is 2.27. The number of aromatic nitrogens is 2. The van der Waals surface area contributed by atoms with Crippen molar-refractivity contribution in [1.29, 1.82) is 0 Å². The van der Waals surface area contributed by atoms with Crippen LogP contribution in [0.5, 0.6) is 0 Å². The van der Waals surface area contributed by atoms with Crippen molar-refractivity contribution in [2.24, 2.45) is 0 Å². The number of hydrogen-bond acceptors (Lipinski definition) is 4. The molecule has 0 saturated carbocycles. The number of nitrogens with one attached hydrogen (secondary N) is 2. The highest BCUT2D eigenvalue weighted by molar-refractivity contribution is 6.31. The predicted molar refractivity (Wildman–Crippen MR) is 77.3 cm³/mol. The lowest BCUT2D eigenvalue weighted by molar-refractivity contribution is 0.628. The Bertz CT molecular complexity index is 614. The first kappa shape index (κ1) is 13.3. The van der Waals surface area contributed by atoms with Crippen LogP contribution < -0.4 is 10.6 Å². The summed E-state index contributed by atoms with van der Waals surface area (Å²) in [6.07, 6.45) is 4.30. The van der Waals surface area contributed by atoms with E-state index in [1.54, 1.807) is 24.5 Å². The molecule has 4 nitrogen and oxygen atoms in total. The highest BCUT2D eigenvalue weighted by Crippen LogP contribution is 2.28. The molecule has 1 aromatic carbocycles. The molecule has 1 aliphatic heterocycles. The van der Waals surface area contributed by atoms with E-state index in [9.17, 15) is 4.39 Å². The van der Waals surface area contributed by atoms with E-state index in [2.05, 4.69) is 20.6 Å². The molecule has 1 aromatic heterocycles. The van der Waals surface area contributed by atoms with Gasteiger partial charge in [0.1, 0.15) is 11.5 Å². The second-order valence-corrected chi connectivity index (χ2v) is 5.12. The highest BCUT2D eigenvalue weighted by atomic mass is 35.5. The van der Waals surface area contributed by atoms with Gasteiger partial charge in [-0.2, -0.15) is 0 Å².